The summed E-state index contributed by atoms with van der Waals surface area (Å²) in [5.41, 5.74) is 2.93. The maximum absolute atomic E-state index is 13.2. The summed E-state index contributed by atoms with van der Waals surface area (Å²) in [5, 5.41) is 3.22. The van der Waals surface area contributed by atoms with Crippen LogP contribution in [-0.4, -0.2) is 0 Å². The fraction of sp³-hybridized carbons (Fsp3) is 0.143. The fourth-order valence-corrected chi connectivity index (χ4v) is 2.00. The van der Waals surface area contributed by atoms with Crippen LogP contribution in [0.2, 0.25) is 0 Å². The van der Waals surface area contributed by atoms with E-state index in [1.54, 1.807) is 0 Å². The molecule has 0 unspecified atom stereocenters. The number of hydrogen-bond acceptors (Lipinski definition) is 1. The van der Waals surface area contributed by atoms with Crippen LogP contribution in [0.1, 0.15) is 11.1 Å². The zero-order chi connectivity index (χ0) is 12.3. The maximum atomic E-state index is 13.2. The average molecular weight is 341 g/mol. The van der Waals surface area contributed by atoms with Crippen molar-refractivity contribution in [3.05, 3.63) is 63.0 Å². The van der Waals surface area contributed by atoms with Crippen molar-refractivity contribution in [1.29, 1.82) is 0 Å². The summed E-state index contributed by atoms with van der Waals surface area (Å²) < 4.78 is 14.4. The monoisotopic (exact) mass is 341 g/mol. The van der Waals surface area contributed by atoms with E-state index in [9.17, 15) is 4.39 Å². The van der Waals surface area contributed by atoms with Crippen LogP contribution in [-0.2, 0) is 6.54 Å². The first kappa shape index (κ1) is 12.4. The van der Waals surface area contributed by atoms with Gasteiger partial charge in [0.25, 0.3) is 0 Å². The normalized spacial score (nSPS) is 10.3. The van der Waals surface area contributed by atoms with Gasteiger partial charge in [-0.3, -0.25) is 0 Å². The predicted molar refractivity (Wildman–Crippen MR) is 77.6 cm³/mol. The molecule has 0 aliphatic heterocycles. The molecule has 88 valence electrons. The van der Waals surface area contributed by atoms with E-state index in [1.165, 1.54) is 21.3 Å². The van der Waals surface area contributed by atoms with Gasteiger partial charge in [-0.2, -0.15) is 0 Å². The molecule has 1 N–H and O–H groups in total. The Morgan fingerprint density at radius 3 is 2.47 bits per heavy atom. The molecule has 0 saturated carbocycles. The van der Waals surface area contributed by atoms with Gasteiger partial charge in [-0.15, -0.1) is 0 Å². The zero-order valence-corrected chi connectivity index (χ0v) is 11.7. The molecule has 2 aromatic carbocycles. The van der Waals surface area contributed by atoms with Crippen molar-refractivity contribution in [2.45, 2.75) is 13.5 Å². The second-order valence-corrected chi connectivity index (χ2v) is 5.24. The summed E-state index contributed by atoms with van der Waals surface area (Å²) in [7, 11) is 0. The third-order valence-corrected chi connectivity index (χ3v) is 3.17. The van der Waals surface area contributed by atoms with Crippen LogP contribution >= 0.6 is 22.6 Å². The Hall–Kier alpha value is -1.10. The number of rotatable bonds is 3. The molecule has 0 saturated heterocycles. The molecule has 0 fully saturated rings. The van der Waals surface area contributed by atoms with Crippen LogP contribution in [0.25, 0.3) is 0 Å². The maximum Gasteiger partial charge on any atom is 0.125 e. The summed E-state index contributed by atoms with van der Waals surface area (Å²) in [6.07, 6.45) is 0. The van der Waals surface area contributed by atoms with Crippen molar-refractivity contribution in [3.8, 4) is 0 Å². The van der Waals surface area contributed by atoms with Crippen LogP contribution in [0.15, 0.2) is 42.5 Å². The van der Waals surface area contributed by atoms with E-state index in [1.807, 2.05) is 13.0 Å². The largest absolute Gasteiger partial charge is 0.381 e. The molecule has 0 atom stereocenters. The van der Waals surface area contributed by atoms with Gasteiger partial charge in [0, 0.05) is 15.8 Å². The van der Waals surface area contributed by atoms with Crippen LogP contribution in [0.3, 0.4) is 0 Å². The van der Waals surface area contributed by atoms with Crippen molar-refractivity contribution in [3.63, 3.8) is 0 Å². The number of halogens is 2. The highest BCUT2D eigenvalue weighted by Gasteiger charge is 1.98. The highest BCUT2D eigenvalue weighted by molar-refractivity contribution is 14.1. The second-order valence-electron chi connectivity index (χ2n) is 4.00. The van der Waals surface area contributed by atoms with Crippen LogP contribution in [0.4, 0.5) is 10.1 Å². The lowest BCUT2D eigenvalue weighted by atomic mass is 10.2. The van der Waals surface area contributed by atoms with Gasteiger partial charge in [-0.25, -0.2) is 4.39 Å². The minimum absolute atomic E-state index is 0.199. The Kier molecular flexibility index (Phi) is 3.99. The van der Waals surface area contributed by atoms with E-state index in [-0.39, 0.29) is 5.82 Å². The van der Waals surface area contributed by atoms with Crippen LogP contribution in [0.5, 0.6) is 0 Å². The second kappa shape index (κ2) is 5.49. The van der Waals surface area contributed by atoms with E-state index < -0.39 is 0 Å². The van der Waals surface area contributed by atoms with Crippen molar-refractivity contribution in [2.75, 3.05) is 5.32 Å². The number of nitrogens with one attached hydrogen (secondary N) is 1. The van der Waals surface area contributed by atoms with Gasteiger partial charge in [0.15, 0.2) is 0 Å². The van der Waals surface area contributed by atoms with Gasteiger partial charge < -0.3 is 5.32 Å². The Bertz CT molecular complexity index is 488. The molecule has 0 bridgehead atoms. The summed E-state index contributed by atoms with van der Waals surface area (Å²) in [6, 6.07) is 13.2. The topological polar surface area (TPSA) is 12.0 Å². The third-order valence-electron chi connectivity index (χ3n) is 2.45. The van der Waals surface area contributed by atoms with Gasteiger partial charge in [0.2, 0.25) is 0 Å². The van der Waals surface area contributed by atoms with Crippen LogP contribution < -0.4 is 5.32 Å². The molecule has 2 rings (SSSR count). The fourth-order valence-electron chi connectivity index (χ4n) is 1.64. The van der Waals surface area contributed by atoms with Crippen molar-refractivity contribution in [1.82, 2.24) is 0 Å². The first-order chi connectivity index (χ1) is 8.13. The SMILES string of the molecule is Cc1cc(F)cc(NCc2ccc(I)cc2)c1. The number of aryl methyl sites for hydroxylation is 1. The third kappa shape index (κ3) is 3.70. The summed E-state index contributed by atoms with van der Waals surface area (Å²) in [5.74, 6) is -0.199. The highest BCUT2D eigenvalue weighted by Crippen LogP contribution is 2.15. The van der Waals surface area contributed by atoms with E-state index in [4.69, 9.17) is 0 Å². The zero-order valence-electron chi connectivity index (χ0n) is 9.50. The molecule has 0 amide bonds. The van der Waals surface area contributed by atoms with E-state index in [0.29, 0.717) is 6.54 Å². The lowest BCUT2D eigenvalue weighted by Gasteiger charge is -2.07. The van der Waals surface area contributed by atoms with Gasteiger partial charge in [-0.05, 0) is 71.0 Å². The summed E-state index contributed by atoms with van der Waals surface area (Å²) >= 11 is 2.28. The van der Waals surface area contributed by atoms with Crippen molar-refractivity contribution < 1.29 is 4.39 Å². The van der Waals surface area contributed by atoms with Gasteiger partial charge in [0.05, 0.1) is 0 Å². The van der Waals surface area contributed by atoms with Gasteiger partial charge in [0.1, 0.15) is 5.82 Å². The minimum atomic E-state index is -0.199. The molecular formula is C14H13FIN. The standard InChI is InChI=1S/C14H13FIN/c1-10-6-12(15)8-14(7-10)17-9-11-2-4-13(16)5-3-11/h2-8,17H,9H2,1H3. The Balaban J connectivity index is 2.04. The quantitative estimate of drug-likeness (QED) is 0.819. The highest BCUT2D eigenvalue weighted by atomic mass is 127. The van der Waals surface area contributed by atoms with E-state index >= 15 is 0 Å². The van der Waals surface area contributed by atoms with Gasteiger partial charge in [-0.1, -0.05) is 12.1 Å². The Labute approximate surface area is 114 Å². The summed E-state index contributed by atoms with van der Waals surface area (Å²) in [6.45, 7) is 2.60. The molecule has 0 radical (unpaired) electrons. The first-order valence-corrected chi connectivity index (χ1v) is 6.47. The molecule has 17 heavy (non-hydrogen) atoms. The molecule has 0 heterocycles. The Morgan fingerprint density at radius 2 is 1.82 bits per heavy atom. The lowest BCUT2D eigenvalue weighted by molar-refractivity contribution is 0.627. The molecule has 0 aliphatic rings. The average Bonchev–Trinajstić information content (AvgIpc) is 2.27. The van der Waals surface area contributed by atoms with E-state index in [2.05, 4.69) is 52.2 Å². The molecular weight excluding hydrogens is 328 g/mol. The molecule has 2 aromatic rings. The number of hydrogen-bond donors (Lipinski definition) is 1. The lowest BCUT2D eigenvalue weighted by Crippen LogP contribution is -2.00. The van der Waals surface area contributed by atoms with Crippen molar-refractivity contribution in [2.24, 2.45) is 0 Å². The summed E-state index contributed by atoms with van der Waals surface area (Å²) in [4.78, 5) is 0. The smallest absolute Gasteiger partial charge is 0.125 e. The predicted octanol–water partition coefficient (Wildman–Crippen LogP) is 4.35. The van der Waals surface area contributed by atoms with Crippen molar-refractivity contribution >= 4 is 28.3 Å². The van der Waals surface area contributed by atoms with E-state index in [0.717, 1.165) is 11.3 Å². The molecule has 0 aliphatic carbocycles. The molecule has 0 aromatic heterocycles. The number of anilines is 1. The first-order valence-electron chi connectivity index (χ1n) is 5.39. The Morgan fingerprint density at radius 1 is 1.12 bits per heavy atom. The van der Waals surface area contributed by atoms with Gasteiger partial charge >= 0.3 is 0 Å². The molecule has 0 spiro atoms. The molecule has 1 nitrogen and oxygen atoms in total. The van der Waals surface area contributed by atoms with Crippen LogP contribution in [0, 0.1) is 16.3 Å². The number of benzene rings is 2. The minimum Gasteiger partial charge on any atom is -0.381 e. The molecule has 3 heteroatoms.